The van der Waals surface area contributed by atoms with Gasteiger partial charge < -0.3 is 5.73 Å². The van der Waals surface area contributed by atoms with Crippen LogP contribution in [0.5, 0.6) is 0 Å². The molecule has 0 aliphatic carbocycles. The van der Waals surface area contributed by atoms with Crippen molar-refractivity contribution in [3.63, 3.8) is 0 Å². The molecule has 2 heterocycles. The van der Waals surface area contributed by atoms with Crippen molar-refractivity contribution in [2.75, 3.05) is 5.75 Å². The van der Waals surface area contributed by atoms with Crippen molar-refractivity contribution >= 4 is 40.3 Å². The lowest BCUT2D eigenvalue weighted by Gasteiger charge is -2.25. The molecule has 2 aliphatic heterocycles. The summed E-state index contributed by atoms with van der Waals surface area (Å²) in [5.41, 5.74) is 7.86. The van der Waals surface area contributed by atoms with Crippen LogP contribution < -0.4 is 5.73 Å². The van der Waals surface area contributed by atoms with Gasteiger partial charge in [0.05, 0.1) is 11.4 Å². The van der Waals surface area contributed by atoms with Crippen molar-refractivity contribution in [2.45, 2.75) is 12.5 Å². The van der Waals surface area contributed by atoms with Gasteiger partial charge in [-0.25, -0.2) is 9.89 Å². The Morgan fingerprint density at radius 3 is 2.62 bits per heavy atom. The number of thioether (sulfide) groups is 1. The SMILES string of the molecule is NC(=O)CSC1=Nc2ccccc2C2=N[C@@H](Cc3ccccc3)C(=O)N12. The van der Waals surface area contributed by atoms with E-state index >= 15 is 0 Å². The molecule has 0 aromatic heterocycles. The van der Waals surface area contributed by atoms with E-state index in [2.05, 4.69) is 9.98 Å². The summed E-state index contributed by atoms with van der Waals surface area (Å²) in [6, 6.07) is 16.8. The van der Waals surface area contributed by atoms with Crippen molar-refractivity contribution < 1.29 is 9.59 Å². The summed E-state index contributed by atoms with van der Waals surface area (Å²) in [7, 11) is 0. The van der Waals surface area contributed by atoms with Gasteiger partial charge in [0.15, 0.2) is 5.17 Å². The number of primary amides is 1. The summed E-state index contributed by atoms with van der Waals surface area (Å²) in [6.07, 6.45) is 0.523. The molecule has 1 atom stereocenters. The molecule has 0 saturated carbocycles. The van der Waals surface area contributed by atoms with Gasteiger partial charge in [0.25, 0.3) is 5.91 Å². The molecule has 0 unspecified atom stereocenters. The van der Waals surface area contributed by atoms with Gasteiger partial charge in [-0.3, -0.25) is 14.6 Å². The van der Waals surface area contributed by atoms with Crippen LogP contribution in [0.2, 0.25) is 0 Å². The third-order valence-corrected chi connectivity index (χ3v) is 5.12. The minimum atomic E-state index is -0.502. The van der Waals surface area contributed by atoms with Gasteiger partial charge in [0.2, 0.25) is 5.91 Å². The average molecular weight is 364 g/mol. The second-order valence-corrected chi connectivity index (χ2v) is 6.94. The number of nitrogens with zero attached hydrogens (tertiary/aromatic N) is 3. The highest BCUT2D eigenvalue weighted by molar-refractivity contribution is 8.14. The average Bonchev–Trinajstić information content (AvgIpc) is 2.97. The zero-order valence-electron chi connectivity index (χ0n) is 13.8. The Morgan fingerprint density at radius 1 is 1.12 bits per heavy atom. The number of amidine groups is 2. The number of rotatable bonds is 4. The summed E-state index contributed by atoms with van der Waals surface area (Å²) in [5.74, 6) is 0.0617. The fourth-order valence-electron chi connectivity index (χ4n) is 3.00. The molecule has 6 nitrogen and oxygen atoms in total. The molecule has 2 amide bonds. The van der Waals surface area contributed by atoms with Crippen molar-refractivity contribution in [3.05, 3.63) is 65.7 Å². The normalized spacial score (nSPS) is 18.1. The van der Waals surface area contributed by atoms with E-state index in [9.17, 15) is 9.59 Å². The molecule has 130 valence electrons. The maximum atomic E-state index is 13.0. The van der Waals surface area contributed by atoms with E-state index in [1.54, 1.807) is 0 Å². The summed E-state index contributed by atoms with van der Waals surface area (Å²) >= 11 is 1.16. The van der Waals surface area contributed by atoms with Crippen LogP contribution in [0.3, 0.4) is 0 Å². The highest BCUT2D eigenvalue weighted by Crippen LogP contribution is 2.33. The fraction of sp³-hybridized carbons (Fsp3) is 0.158. The lowest BCUT2D eigenvalue weighted by Crippen LogP contribution is -2.41. The van der Waals surface area contributed by atoms with Crippen LogP contribution in [0.1, 0.15) is 11.1 Å². The Bertz CT molecular complexity index is 940. The van der Waals surface area contributed by atoms with Crippen LogP contribution in [0.15, 0.2) is 64.6 Å². The van der Waals surface area contributed by atoms with Crippen LogP contribution in [0.4, 0.5) is 5.69 Å². The van der Waals surface area contributed by atoms with Gasteiger partial charge in [0.1, 0.15) is 11.9 Å². The molecule has 0 bridgehead atoms. The monoisotopic (exact) mass is 364 g/mol. The lowest BCUT2D eigenvalue weighted by molar-refractivity contribution is -0.124. The molecule has 0 radical (unpaired) electrons. The first-order valence-corrected chi connectivity index (χ1v) is 9.17. The largest absolute Gasteiger partial charge is 0.369 e. The third-order valence-electron chi connectivity index (χ3n) is 4.16. The maximum absolute atomic E-state index is 13.0. The minimum Gasteiger partial charge on any atom is -0.369 e. The Kier molecular flexibility index (Phi) is 4.30. The zero-order chi connectivity index (χ0) is 18.1. The molecule has 26 heavy (non-hydrogen) atoms. The van der Waals surface area contributed by atoms with Gasteiger partial charge in [-0.15, -0.1) is 0 Å². The van der Waals surface area contributed by atoms with E-state index in [0.29, 0.717) is 17.4 Å². The van der Waals surface area contributed by atoms with E-state index in [0.717, 1.165) is 28.6 Å². The van der Waals surface area contributed by atoms with Crippen molar-refractivity contribution in [2.24, 2.45) is 15.7 Å². The smallest absolute Gasteiger partial charge is 0.259 e. The summed E-state index contributed by atoms with van der Waals surface area (Å²) < 4.78 is 0. The number of amides is 2. The number of aliphatic imine (C=N–C) groups is 2. The molecule has 2 N–H and O–H groups in total. The van der Waals surface area contributed by atoms with Gasteiger partial charge in [-0.1, -0.05) is 54.2 Å². The molecule has 7 heteroatoms. The molecule has 2 aliphatic rings. The highest BCUT2D eigenvalue weighted by Gasteiger charge is 2.41. The highest BCUT2D eigenvalue weighted by atomic mass is 32.2. The van der Waals surface area contributed by atoms with Crippen LogP contribution in [-0.4, -0.2) is 39.5 Å². The first kappa shape index (κ1) is 16.5. The Balaban J connectivity index is 1.70. The Hall–Kier alpha value is -2.93. The van der Waals surface area contributed by atoms with Gasteiger partial charge >= 0.3 is 0 Å². The van der Waals surface area contributed by atoms with E-state index in [1.807, 2.05) is 54.6 Å². The Labute approximate surface area is 154 Å². The molecule has 0 fully saturated rings. The van der Waals surface area contributed by atoms with Crippen molar-refractivity contribution in [1.82, 2.24) is 4.90 Å². The molecule has 0 saturated heterocycles. The summed E-state index contributed by atoms with van der Waals surface area (Å²) in [6.45, 7) is 0. The number of hydrogen-bond acceptors (Lipinski definition) is 5. The number of carbonyl (C=O) groups excluding carboxylic acids is 2. The standard InChI is InChI=1S/C19H16N4O2S/c20-16(24)11-26-19-22-14-9-5-4-8-13(14)17-21-15(18(25)23(17)19)10-12-6-2-1-3-7-12/h1-9,15H,10-11H2,(H2,20,24)/t15-/m0/s1. The zero-order valence-corrected chi connectivity index (χ0v) is 14.6. The predicted octanol–water partition coefficient (Wildman–Crippen LogP) is 2.11. The fourth-order valence-corrected chi connectivity index (χ4v) is 3.74. The molecular weight excluding hydrogens is 348 g/mol. The molecule has 4 rings (SSSR count). The minimum absolute atomic E-state index is 0.0570. The van der Waals surface area contributed by atoms with E-state index in [-0.39, 0.29) is 11.7 Å². The van der Waals surface area contributed by atoms with Crippen LogP contribution in [0, 0.1) is 0 Å². The van der Waals surface area contributed by atoms with Crippen molar-refractivity contribution in [3.8, 4) is 0 Å². The van der Waals surface area contributed by atoms with Crippen LogP contribution >= 0.6 is 11.8 Å². The third kappa shape index (κ3) is 3.01. The lowest BCUT2D eigenvalue weighted by atomic mass is 10.1. The van der Waals surface area contributed by atoms with E-state index in [1.165, 1.54) is 4.90 Å². The molecule has 2 aromatic rings. The van der Waals surface area contributed by atoms with Gasteiger partial charge in [0, 0.05) is 12.0 Å². The van der Waals surface area contributed by atoms with Crippen LogP contribution in [0.25, 0.3) is 0 Å². The van der Waals surface area contributed by atoms with Crippen LogP contribution in [-0.2, 0) is 16.0 Å². The number of fused-ring (bicyclic) bond motifs is 3. The van der Waals surface area contributed by atoms with E-state index < -0.39 is 11.9 Å². The van der Waals surface area contributed by atoms with E-state index in [4.69, 9.17) is 5.73 Å². The topological polar surface area (TPSA) is 88.1 Å². The predicted molar refractivity (Wildman–Crippen MR) is 103 cm³/mol. The van der Waals surface area contributed by atoms with Gasteiger partial charge in [-0.05, 0) is 17.7 Å². The number of para-hydroxylation sites is 1. The number of carbonyl (C=O) groups is 2. The second-order valence-electron chi connectivity index (χ2n) is 6.00. The van der Waals surface area contributed by atoms with Gasteiger partial charge in [-0.2, -0.15) is 0 Å². The molecular formula is C19H16N4O2S. The van der Waals surface area contributed by atoms with Crippen molar-refractivity contribution in [1.29, 1.82) is 0 Å². The second kappa shape index (κ2) is 6.76. The number of nitrogens with two attached hydrogens (primary N) is 1. The summed E-state index contributed by atoms with van der Waals surface area (Å²) in [5, 5.41) is 0.446. The Morgan fingerprint density at radius 2 is 1.85 bits per heavy atom. The summed E-state index contributed by atoms with van der Waals surface area (Å²) in [4.78, 5) is 34.9. The number of hydrogen-bond donors (Lipinski definition) is 1. The maximum Gasteiger partial charge on any atom is 0.259 e. The first-order valence-electron chi connectivity index (χ1n) is 8.18. The quantitative estimate of drug-likeness (QED) is 0.901. The molecule has 0 spiro atoms. The number of benzene rings is 2. The molecule has 2 aromatic carbocycles. The first-order chi connectivity index (χ1) is 12.6.